The van der Waals surface area contributed by atoms with Crippen LogP contribution in [-0.2, 0) is 14.3 Å². The van der Waals surface area contributed by atoms with E-state index in [0.29, 0.717) is 22.9 Å². The highest BCUT2D eigenvalue weighted by Crippen LogP contribution is 2.29. The van der Waals surface area contributed by atoms with E-state index in [-0.39, 0.29) is 18.8 Å². The highest BCUT2D eigenvalue weighted by atomic mass is 35.5. The van der Waals surface area contributed by atoms with Gasteiger partial charge in [0.05, 0.1) is 30.0 Å². The Morgan fingerprint density at radius 3 is 2.70 bits per heavy atom. The van der Waals surface area contributed by atoms with E-state index in [2.05, 4.69) is 10.1 Å². The quantitative estimate of drug-likeness (QED) is 0.386. The molecular weight excluding hydrogens is 286 g/mol. The van der Waals surface area contributed by atoms with E-state index in [1.165, 1.54) is 19.2 Å². The number of nitrogens with one attached hydrogen (secondary N) is 1. The molecule has 0 aliphatic carbocycles. The van der Waals surface area contributed by atoms with Gasteiger partial charge in [-0.25, -0.2) is 4.79 Å². The molecule has 0 radical (unpaired) electrons. The number of methoxy groups -OCH3 is 1. The number of carbonyl (C=O) groups excluding carboxylic acids is 2. The molecule has 1 rings (SSSR count). The Balaban J connectivity index is 2.73. The Kier molecular flexibility index (Phi) is 6.08. The van der Waals surface area contributed by atoms with E-state index in [4.69, 9.17) is 27.8 Å². The van der Waals surface area contributed by atoms with Gasteiger partial charge in [-0.3, -0.25) is 4.79 Å². The van der Waals surface area contributed by atoms with Gasteiger partial charge in [-0.05, 0) is 12.1 Å². The summed E-state index contributed by atoms with van der Waals surface area (Å²) >= 11 is 6.03. The second-order valence-corrected chi connectivity index (χ2v) is 4.27. The highest BCUT2D eigenvalue weighted by molar-refractivity contribution is 6.34. The lowest BCUT2D eigenvalue weighted by molar-refractivity contribution is -0.122. The van der Waals surface area contributed by atoms with Gasteiger partial charge < -0.3 is 26.3 Å². The lowest BCUT2D eigenvalue weighted by Crippen LogP contribution is -2.21. The first kappa shape index (κ1) is 16.1. The molecule has 20 heavy (non-hydrogen) atoms. The van der Waals surface area contributed by atoms with Crippen molar-refractivity contribution >= 4 is 34.9 Å². The number of ether oxygens (including phenoxy) is 2. The van der Waals surface area contributed by atoms with Crippen LogP contribution in [0.15, 0.2) is 12.1 Å². The molecule has 0 spiro atoms. The Labute approximate surface area is 121 Å². The van der Waals surface area contributed by atoms with Crippen molar-refractivity contribution in [3.05, 3.63) is 22.7 Å². The maximum atomic E-state index is 11.6. The number of carbonyl (C=O) groups is 2. The molecule has 0 unspecified atom stereocenters. The Morgan fingerprint density at radius 2 is 2.10 bits per heavy atom. The first-order valence-corrected chi connectivity index (χ1v) is 6.10. The fourth-order valence-corrected chi connectivity index (χ4v) is 1.79. The third-order valence-corrected chi connectivity index (χ3v) is 2.61. The fourth-order valence-electron chi connectivity index (χ4n) is 1.50. The van der Waals surface area contributed by atoms with Crippen molar-refractivity contribution in [3.8, 4) is 0 Å². The molecule has 110 valence electrons. The number of rotatable bonds is 7. The van der Waals surface area contributed by atoms with E-state index in [1.54, 1.807) is 0 Å². The van der Waals surface area contributed by atoms with Crippen molar-refractivity contribution in [3.63, 3.8) is 0 Å². The molecule has 0 aliphatic rings. The largest absolute Gasteiger partial charge is 0.465 e. The molecule has 7 nitrogen and oxygen atoms in total. The standard InChI is InChI=1S/C12H16ClN3O4/c1-19-12(18)8-4-7(14)5-9(13)11(8)16-2-3-20-6-10(15)17/h4-5,16H,2-3,6,14H2,1H3,(H2,15,17). The summed E-state index contributed by atoms with van der Waals surface area (Å²) in [5.74, 6) is -1.11. The Morgan fingerprint density at radius 1 is 1.40 bits per heavy atom. The number of primary amides is 1. The predicted molar refractivity (Wildman–Crippen MR) is 75.7 cm³/mol. The first-order chi connectivity index (χ1) is 9.45. The molecule has 0 atom stereocenters. The van der Waals surface area contributed by atoms with E-state index in [0.717, 1.165) is 0 Å². The van der Waals surface area contributed by atoms with Crippen LogP contribution in [0, 0.1) is 0 Å². The maximum absolute atomic E-state index is 11.6. The van der Waals surface area contributed by atoms with Crippen LogP contribution in [0.1, 0.15) is 10.4 Å². The topological polar surface area (TPSA) is 117 Å². The monoisotopic (exact) mass is 301 g/mol. The summed E-state index contributed by atoms with van der Waals surface area (Å²) in [6, 6.07) is 2.98. The molecule has 1 aromatic rings. The summed E-state index contributed by atoms with van der Waals surface area (Å²) in [4.78, 5) is 22.1. The molecule has 8 heteroatoms. The van der Waals surface area contributed by atoms with E-state index < -0.39 is 11.9 Å². The minimum atomic E-state index is -0.556. The van der Waals surface area contributed by atoms with Crippen molar-refractivity contribution in [1.29, 1.82) is 0 Å². The number of halogens is 1. The molecule has 0 saturated heterocycles. The third-order valence-electron chi connectivity index (χ3n) is 2.31. The zero-order chi connectivity index (χ0) is 15.1. The number of amides is 1. The minimum absolute atomic E-state index is 0.166. The second kappa shape index (κ2) is 7.56. The fraction of sp³-hybridized carbons (Fsp3) is 0.333. The number of nitrogen functional groups attached to an aromatic ring is 1. The van der Waals surface area contributed by atoms with Crippen molar-refractivity contribution in [1.82, 2.24) is 0 Å². The summed E-state index contributed by atoms with van der Waals surface area (Å²) in [6.07, 6.45) is 0. The highest BCUT2D eigenvalue weighted by Gasteiger charge is 2.15. The number of benzene rings is 1. The molecule has 0 bridgehead atoms. The summed E-state index contributed by atoms with van der Waals surface area (Å²) < 4.78 is 9.65. The predicted octanol–water partition coefficient (Wildman–Crippen LogP) is 0.623. The van der Waals surface area contributed by atoms with Gasteiger partial charge in [0.25, 0.3) is 0 Å². The number of hydrogen-bond acceptors (Lipinski definition) is 6. The van der Waals surface area contributed by atoms with Gasteiger partial charge in [-0.1, -0.05) is 11.6 Å². The van der Waals surface area contributed by atoms with Crippen LogP contribution in [0.5, 0.6) is 0 Å². The molecule has 5 N–H and O–H groups in total. The van der Waals surface area contributed by atoms with E-state index in [1.807, 2.05) is 0 Å². The summed E-state index contributed by atoms with van der Waals surface area (Å²) in [5, 5.41) is 3.22. The number of hydrogen-bond donors (Lipinski definition) is 3. The summed E-state index contributed by atoms with van der Waals surface area (Å²) in [7, 11) is 1.26. The lowest BCUT2D eigenvalue weighted by atomic mass is 10.1. The van der Waals surface area contributed by atoms with Crippen LogP contribution < -0.4 is 16.8 Å². The number of esters is 1. The van der Waals surface area contributed by atoms with E-state index >= 15 is 0 Å². The van der Waals surface area contributed by atoms with Gasteiger partial charge in [0.15, 0.2) is 0 Å². The number of nitrogens with two attached hydrogens (primary N) is 2. The lowest BCUT2D eigenvalue weighted by Gasteiger charge is -2.13. The molecule has 0 aliphatic heterocycles. The average molecular weight is 302 g/mol. The van der Waals surface area contributed by atoms with Gasteiger partial charge >= 0.3 is 5.97 Å². The average Bonchev–Trinajstić information content (AvgIpc) is 2.38. The molecule has 0 aromatic heterocycles. The van der Waals surface area contributed by atoms with Gasteiger partial charge in [-0.15, -0.1) is 0 Å². The van der Waals surface area contributed by atoms with Crippen molar-refractivity contribution in [2.45, 2.75) is 0 Å². The van der Waals surface area contributed by atoms with Gasteiger partial charge in [0.1, 0.15) is 6.61 Å². The smallest absolute Gasteiger partial charge is 0.340 e. The van der Waals surface area contributed by atoms with Crippen LogP contribution in [-0.4, -0.2) is 38.7 Å². The van der Waals surface area contributed by atoms with E-state index in [9.17, 15) is 9.59 Å². The molecule has 0 saturated carbocycles. The first-order valence-electron chi connectivity index (χ1n) is 5.73. The molecule has 1 amide bonds. The van der Waals surface area contributed by atoms with Gasteiger partial charge in [-0.2, -0.15) is 0 Å². The molecule has 0 fully saturated rings. The van der Waals surface area contributed by atoms with Crippen molar-refractivity contribution in [2.24, 2.45) is 5.73 Å². The SMILES string of the molecule is COC(=O)c1cc(N)cc(Cl)c1NCCOCC(N)=O. The number of anilines is 2. The Hall–Kier alpha value is -1.99. The van der Waals surface area contributed by atoms with Gasteiger partial charge in [0, 0.05) is 12.2 Å². The van der Waals surface area contributed by atoms with Gasteiger partial charge in [0.2, 0.25) is 5.91 Å². The van der Waals surface area contributed by atoms with Crippen LogP contribution in [0.4, 0.5) is 11.4 Å². The summed E-state index contributed by atoms with van der Waals surface area (Å²) in [5.41, 5.74) is 11.5. The van der Waals surface area contributed by atoms with Crippen molar-refractivity contribution in [2.75, 3.05) is 37.9 Å². The minimum Gasteiger partial charge on any atom is -0.465 e. The molecule has 0 heterocycles. The van der Waals surface area contributed by atoms with Crippen LogP contribution in [0.2, 0.25) is 5.02 Å². The molecular formula is C12H16ClN3O4. The third kappa shape index (κ3) is 4.60. The van der Waals surface area contributed by atoms with Crippen LogP contribution in [0.25, 0.3) is 0 Å². The second-order valence-electron chi connectivity index (χ2n) is 3.86. The van der Waals surface area contributed by atoms with Crippen LogP contribution >= 0.6 is 11.6 Å². The zero-order valence-corrected chi connectivity index (χ0v) is 11.7. The summed E-state index contributed by atoms with van der Waals surface area (Å²) in [6.45, 7) is 0.395. The van der Waals surface area contributed by atoms with Crippen LogP contribution in [0.3, 0.4) is 0 Å². The maximum Gasteiger partial charge on any atom is 0.340 e. The Bertz CT molecular complexity index is 508. The van der Waals surface area contributed by atoms with Crippen molar-refractivity contribution < 1.29 is 19.1 Å². The normalized spacial score (nSPS) is 10.1. The molecule has 1 aromatic carbocycles. The zero-order valence-electron chi connectivity index (χ0n) is 10.9.